The minimum atomic E-state index is -4.14. The molecule has 114 valence electrons. The lowest BCUT2D eigenvalue weighted by Crippen LogP contribution is -2.36. The Hall–Kier alpha value is -1.05. The Balaban J connectivity index is 3.38. The number of sulfonamides is 1. The Bertz CT molecular complexity index is 571. The number of nitrogens with zero attached hydrogens (tertiary/aromatic N) is 1. The van der Waals surface area contributed by atoms with Crippen molar-refractivity contribution in [1.29, 1.82) is 0 Å². The standard InChI is InChI=1S/C13H19F2NO3S/c1-4-10(5-2)16(3)20(18,19)12-7-9(8-17)6-11(14)13(12)15/h6-7,10,17H,4-5,8H2,1-3H3. The van der Waals surface area contributed by atoms with E-state index in [4.69, 9.17) is 5.11 Å². The average molecular weight is 307 g/mol. The molecule has 0 aliphatic rings. The number of aliphatic hydroxyl groups excluding tert-OH is 1. The first-order valence-corrected chi connectivity index (χ1v) is 7.80. The summed E-state index contributed by atoms with van der Waals surface area (Å²) in [6.45, 7) is 3.08. The third kappa shape index (κ3) is 3.16. The van der Waals surface area contributed by atoms with Crippen molar-refractivity contribution in [3.63, 3.8) is 0 Å². The minimum Gasteiger partial charge on any atom is -0.392 e. The first-order chi connectivity index (χ1) is 9.29. The summed E-state index contributed by atoms with van der Waals surface area (Å²) in [7, 11) is -2.80. The maximum atomic E-state index is 13.8. The van der Waals surface area contributed by atoms with E-state index in [1.165, 1.54) is 7.05 Å². The highest BCUT2D eigenvalue weighted by molar-refractivity contribution is 7.89. The number of halogens is 2. The third-order valence-electron chi connectivity index (χ3n) is 3.35. The molecule has 0 unspecified atom stereocenters. The largest absolute Gasteiger partial charge is 0.392 e. The van der Waals surface area contributed by atoms with Crippen molar-refractivity contribution < 1.29 is 22.3 Å². The van der Waals surface area contributed by atoms with E-state index in [1.54, 1.807) is 0 Å². The zero-order chi connectivity index (χ0) is 15.5. The van der Waals surface area contributed by atoms with E-state index in [9.17, 15) is 17.2 Å². The lowest BCUT2D eigenvalue weighted by Gasteiger charge is -2.25. The summed E-state index contributed by atoms with van der Waals surface area (Å²) in [6, 6.07) is 1.46. The highest BCUT2D eigenvalue weighted by atomic mass is 32.2. The van der Waals surface area contributed by atoms with E-state index in [1.807, 2.05) is 13.8 Å². The molecule has 0 radical (unpaired) electrons. The fraction of sp³-hybridized carbons (Fsp3) is 0.538. The molecule has 7 heteroatoms. The summed E-state index contributed by atoms with van der Waals surface area (Å²) in [6.07, 6.45) is 1.13. The molecule has 1 aromatic carbocycles. The molecule has 0 spiro atoms. The number of hydrogen-bond acceptors (Lipinski definition) is 3. The van der Waals surface area contributed by atoms with E-state index in [-0.39, 0.29) is 11.6 Å². The molecule has 0 fully saturated rings. The van der Waals surface area contributed by atoms with Gasteiger partial charge in [-0.15, -0.1) is 0 Å². The van der Waals surface area contributed by atoms with E-state index in [2.05, 4.69) is 0 Å². The van der Waals surface area contributed by atoms with Gasteiger partial charge in [-0.3, -0.25) is 0 Å². The Morgan fingerprint density at radius 3 is 2.25 bits per heavy atom. The van der Waals surface area contributed by atoms with Crippen molar-refractivity contribution in [3.05, 3.63) is 29.3 Å². The number of aliphatic hydroxyl groups is 1. The third-order valence-corrected chi connectivity index (χ3v) is 5.26. The van der Waals surface area contributed by atoms with Crippen molar-refractivity contribution in [2.24, 2.45) is 0 Å². The Morgan fingerprint density at radius 2 is 1.80 bits per heavy atom. The predicted octanol–water partition coefficient (Wildman–Crippen LogP) is 2.27. The fourth-order valence-corrected chi connectivity index (χ4v) is 3.68. The van der Waals surface area contributed by atoms with Crippen LogP contribution in [0.1, 0.15) is 32.3 Å². The van der Waals surface area contributed by atoms with Gasteiger partial charge in [0.15, 0.2) is 11.6 Å². The van der Waals surface area contributed by atoms with Crippen molar-refractivity contribution >= 4 is 10.0 Å². The predicted molar refractivity (Wildman–Crippen MR) is 71.6 cm³/mol. The van der Waals surface area contributed by atoms with Gasteiger partial charge in [0.1, 0.15) is 4.90 Å². The van der Waals surface area contributed by atoms with Gasteiger partial charge in [0.2, 0.25) is 10.0 Å². The Kier molecular flexibility index (Phi) is 5.61. The van der Waals surface area contributed by atoms with Gasteiger partial charge in [-0.25, -0.2) is 17.2 Å². The lowest BCUT2D eigenvalue weighted by atomic mass is 10.2. The molecule has 20 heavy (non-hydrogen) atoms. The SMILES string of the molecule is CCC(CC)N(C)S(=O)(=O)c1cc(CO)cc(F)c1F. The van der Waals surface area contributed by atoms with Crippen LogP contribution in [0.4, 0.5) is 8.78 Å². The lowest BCUT2D eigenvalue weighted by molar-refractivity contribution is 0.280. The zero-order valence-corrected chi connectivity index (χ0v) is 12.5. The van der Waals surface area contributed by atoms with Crippen molar-refractivity contribution in [2.45, 2.75) is 44.2 Å². The maximum absolute atomic E-state index is 13.8. The second-order valence-electron chi connectivity index (χ2n) is 4.54. The second-order valence-corrected chi connectivity index (χ2v) is 6.51. The quantitative estimate of drug-likeness (QED) is 0.877. The first-order valence-electron chi connectivity index (χ1n) is 6.36. The number of rotatable bonds is 6. The van der Waals surface area contributed by atoms with Crippen LogP contribution in [0.3, 0.4) is 0 Å². The summed E-state index contributed by atoms with van der Waals surface area (Å²) in [5.41, 5.74) is 0.0143. The molecule has 0 aliphatic carbocycles. The van der Waals surface area contributed by atoms with Gasteiger partial charge in [0.05, 0.1) is 6.61 Å². The van der Waals surface area contributed by atoms with Gasteiger partial charge >= 0.3 is 0 Å². The van der Waals surface area contributed by atoms with Gasteiger partial charge in [0, 0.05) is 13.1 Å². The molecule has 0 aliphatic heterocycles. The van der Waals surface area contributed by atoms with Crippen LogP contribution in [0, 0.1) is 11.6 Å². The number of benzene rings is 1. The maximum Gasteiger partial charge on any atom is 0.246 e. The molecule has 4 nitrogen and oxygen atoms in total. The molecule has 1 aromatic rings. The topological polar surface area (TPSA) is 57.6 Å². The first kappa shape index (κ1) is 17.0. The van der Waals surface area contributed by atoms with Gasteiger partial charge in [-0.05, 0) is 30.5 Å². The monoisotopic (exact) mass is 307 g/mol. The van der Waals surface area contributed by atoms with E-state index in [0.717, 1.165) is 16.4 Å². The Morgan fingerprint density at radius 1 is 1.25 bits per heavy atom. The second kappa shape index (κ2) is 6.60. The smallest absolute Gasteiger partial charge is 0.246 e. The van der Waals surface area contributed by atoms with Crippen molar-refractivity contribution in [2.75, 3.05) is 7.05 Å². The summed E-state index contributed by atoms with van der Waals surface area (Å²) in [5, 5.41) is 8.99. The van der Waals surface area contributed by atoms with E-state index < -0.39 is 33.2 Å². The Labute approximate surface area is 118 Å². The summed E-state index contributed by atoms with van der Waals surface area (Å²) in [4.78, 5) is -0.740. The molecule has 0 heterocycles. The highest BCUT2D eigenvalue weighted by Gasteiger charge is 2.30. The van der Waals surface area contributed by atoms with Crippen LogP contribution in [0.15, 0.2) is 17.0 Å². The van der Waals surface area contributed by atoms with E-state index >= 15 is 0 Å². The molecule has 0 aromatic heterocycles. The molecule has 0 saturated heterocycles. The normalized spacial score (nSPS) is 12.4. The van der Waals surface area contributed by atoms with Crippen molar-refractivity contribution in [3.8, 4) is 0 Å². The molecule has 0 atom stereocenters. The minimum absolute atomic E-state index is 0.0143. The average Bonchev–Trinajstić information content (AvgIpc) is 2.42. The molecule has 0 saturated carbocycles. The van der Waals surface area contributed by atoms with Gasteiger partial charge in [-0.2, -0.15) is 4.31 Å². The molecule has 0 bridgehead atoms. The zero-order valence-electron chi connectivity index (χ0n) is 11.7. The molecule has 1 N–H and O–H groups in total. The van der Waals surface area contributed by atoms with Gasteiger partial charge < -0.3 is 5.11 Å². The van der Waals surface area contributed by atoms with Crippen LogP contribution in [-0.4, -0.2) is 30.9 Å². The number of hydrogen-bond donors (Lipinski definition) is 1. The molecule has 1 rings (SSSR count). The van der Waals surface area contributed by atoms with Crippen LogP contribution < -0.4 is 0 Å². The summed E-state index contributed by atoms with van der Waals surface area (Å²) >= 11 is 0. The highest BCUT2D eigenvalue weighted by Crippen LogP contribution is 2.25. The fourth-order valence-electron chi connectivity index (χ4n) is 2.05. The van der Waals surface area contributed by atoms with Gasteiger partial charge in [-0.1, -0.05) is 13.8 Å². The van der Waals surface area contributed by atoms with Crippen LogP contribution >= 0.6 is 0 Å². The summed E-state index contributed by atoms with van der Waals surface area (Å²) < 4.78 is 53.0. The van der Waals surface area contributed by atoms with Crippen molar-refractivity contribution in [1.82, 2.24) is 4.31 Å². The van der Waals surface area contributed by atoms with Crippen LogP contribution in [0.2, 0.25) is 0 Å². The summed E-state index contributed by atoms with van der Waals surface area (Å²) in [5.74, 6) is -2.70. The van der Waals surface area contributed by atoms with Crippen LogP contribution in [0.5, 0.6) is 0 Å². The van der Waals surface area contributed by atoms with E-state index in [0.29, 0.717) is 12.8 Å². The van der Waals surface area contributed by atoms with Crippen LogP contribution in [0.25, 0.3) is 0 Å². The molecular weight excluding hydrogens is 288 g/mol. The molecular formula is C13H19F2NO3S. The van der Waals surface area contributed by atoms with Crippen LogP contribution in [-0.2, 0) is 16.6 Å². The molecule has 0 amide bonds. The van der Waals surface area contributed by atoms with Gasteiger partial charge in [0.25, 0.3) is 0 Å².